The number of aromatic nitrogens is 2. The van der Waals surface area contributed by atoms with Gasteiger partial charge in [-0.25, -0.2) is 0 Å². The molecule has 0 bridgehead atoms. The smallest absolute Gasteiger partial charge is 0.0703 e. The minimum atomic E-state index is 0.804. The first-order valence-electron chi connectivity index (χ1n) is 6.23. The van der Waals surface area contributed by atoms with Gasteiger partial charge in [-0.3, -0.25) is 4.68 Å². The Morgan fingerprint density at radius 1 is 1.44 bits per heavy atom. The van der Waals surface area contributed by atoms with Crippen molar-refractivity contribution in [3.63, 3.8) is 0 Å². The standard InChI is InChI=1S/C14H16BrN3/c1-9-6-13(16)11(7-12(9)15)14-4-5-17-18(14)8-10-2-3-10/h4-7,10H,2-3,8,16H2,1H3. The summed E-state index contributed by atoms with van der Waals surface area (Å²) in [7, 11) is 0. The molecule has 1 aliphatic carbocycles. The molecule has 0 aliphatic heterocycles. The second-order valence-electron chi connectivity index (χ2n) is 5.03. The Hall–Kier alpha value is -1.29. The number of nitrogens with two attached hydrogens (primary N) is 1. The lowest BCUT2D eigenvalue weighted by molar-refractivity contribution is 0.569. The lowest BCUT2D eigenvalue weighted by Gasteiger charge is -2.11. The summed E-state index contributed by atoms with van der Waals surface area (Å²) in [5.41, 5.74) is 10.3. The van der Waals surface area contributed by atoms with Crippen LogP contribution in [0, 0.1) is 12.8 Å². The van der Waals surface area contributed by atoms with Gasteiger partial charge < -0.3 is 5.73 Å². The van der Waals surface area contributed by atoms with E-state index < -0.39 is 0 Å². The molecule has 2 N–H and O–H groups in total. The van der Waals surface area contributed by atoms with E-state index in [9.17, 15) is 0 Å². The average molecular weight is 306 g/mol. The monoisotopic (exact) mass is 305 g/mol. The number of hydrogen-bond donors (Lipinski definition) is 1. The van der Waals surface area contributed by atoms with Gasteiger partial charge >= 0.3 is 0 Å². The van der Waals surface area contributed by atoms with Crippen molar-refractivity contribution in [1.29, 1.82) is 0 Å². The van der Waals surface area contributed by atoms with E-state index in [0.717, 1.165) is 39.4 Å². The number of anilines is 1. The Morgan fingerprint density at radius 3 is 2.94 bits per heavy atom. The molecule has 18 heavy (non-hydrogen) atoms. The molecule has 0 saturated heterocycles. The fraction of sp³-hybridized carbons (Fsp3) is 0.357. The van der Waals surface area contributed by atoms with Crippen molar-refractivity contribution < 1.29 is 0 Å². The van der Waals surface area contributed by atoms with Gasteiger partial charge in [0, 0.05) is 28.5 Å². The van der Waals surface area contributed by atoms with E-state index in [1.165, 1.54) is 12.8 Å². The van der Waals surface area contributed by atoms with Crippen LogP contribution in [-0.2, 0) is 6.54 Å². The molecular weight excluding hydrogens is 290 g/mol. The molecule has 2 aromatic rings. The summed E-state index contributed by atoms with van der Waals surface area (Å²) in [6.07, 6.45) is 4.50. The molecule has 0 radical (unpaired) electrons. The van der Waals surface area contributed by atoms with Crippen LogP contribution in [-0.4, -0.2) is 9.78 Å². The van der Waals surface area contributed by atoms with Crippen LogP contribution < -0.4 is 5.73 Å². The Morgan fingerprint density at radius 2 is 2.22 bits per heavy atom. The van der Waals surface area contributed by atoms with Crippen LogP contribution in [0.2, 0.25) is 0 Å². The number of benzene rings is 1. The van der Waals surface area contributed by atoms with E-state index in [2.05, 4.69) is 31.8 Å². The van der Waals surface area contributed by atoms with Crippen molar-refractivity contribution in [3.05, 3.63) is 34.4 Å². The number of aryl methyl sites for hydroxylation is 1. The Labute approximate surface area is 115 Å². The molecule has 1 heterocycles. The van der Waals surface area contributed by atoms with E-state index >= 15 is 0 Å². The molecule has 1 saturated carbocycles. The summed E-state index contributed by atoms with van der Waals surface area (Å²) in [5.74, 6) is 0.804. The average Bonchev–Trinajstić information content (AvgIpc) is 3.02. The molecule has 1 aromatic carbocycles. The van der Waals surface area contributed by atoms with Crippen LogP contribution in [0.3, 0.4) is 0 Å². The van der Waals surface area contributed by atoms with Crippen molar-refractivity contribution in [2.75, 3.05) is 5.73 Å². The molecule has 3 rings (SSSR count). The van der Waals surface area contributed by atoms with Crippen molar-refractivity contribution in [2.45, 2.75) is 26.3 Å². The maximum Gasteiger partial charge on any atom is 0.0703 e. The predicted molar refractivity (Wildman–Crippen MR) is 77.2 cm³/mol. The van der Waals surface area contributed by atoms with Gasteiger partial charge in [-0.15, -0.1) is 0 Å². The van der Waals surface area contributed by atoms with Gasteiger partial charge in [0.1, 0.15) is 0 Å². The van der Waals surface area contributed by atoms with Crippen LogP contribution in [0.1, 0.15) is 18.4 Å². The van der Waals surface area contributed by atoms with Crippen LogP contribution in [0.5, 0.6) is 0 Å². The number of halogens is 1. The molecule has 0 atom stereocenters. The van der Waals surface area contributed by atoms with E-state index in [0.29, 0.717) is 0 Å². The topological polar surface area (TPSA) is 43.8 Å². The molecule has 1 aliphatic rings. The molecule has 94 valence electrons. The summed E-state index contributed by atoms with van der Waals surface area (Å²) >= 11 is 3.57. The van der Waals surface area contributed by atoms with Gasteiger partial charge in [0.05, 0.1) is 5.69 Å². The van der Waals surface area contributed by atoms with E-state index in [-0.39, 0.29) is 0 Å². The quantitative estimate of drug-likeness (QED) is 0.880. The number of hydrogen-bond acceptors (Lipinski definition) is 2. The van der Waals surface area contributed by atoms with E-state index in [4.69, 9.17) is 5.73 Å². The minimum absolute atomic E-state index is 0.804. The Kier molecular flexibility index (Phi) is 2.90. The van der Waals surface area contributed by atoms with E-state index in [1.54, 1.807) is 0 Å². The lowest BCUT2D eigenvalue weighted by atomic mass is 10.1. The van der Waals surface area contributed by atoms with E-state index in [1.807, 2.05) is 25.3 Å². The molecule has 1 fully saturated rings. The van der Waals surface area contributed by atoms with Gasteiger partial charge in [-0.1, -0.05) is 15.9 Å². The highest BCUT2D eigenvalue weighted by Gasteiger charge is 2.23. The normalized spacial score (nSPS) is 15.0. The molecule has 0 unspecified atom stereocenters. The molecule has 0 spiro atoms. The lowest BCUT2D eigenvalue weighted by Crippen LogP contribution is -2.05. The second kappa shape index (κ2) is 4.43. The SMILES string of the molecule is Cc1cc(N)c(-c2ccnn2CC2CC2)cc1Br. The van der Waals surface area contributed by atoms with Gasteiger partial charge in [-0.05, 0) is 49.4 Å². The van der Waals surface area contributed by atoms with Crippen LogP contribution in [0.25, 0.3) is 11.3 Å². The zero-order valence-electron chi connectivity index (χ0n) is 10.4. The third-order valence-electron chi connectivity index (χ3n) is 3.45. The first kappa shape index (κ1) is 11.8. The van der Waals surface area contributed by atoms with Crippen LogP contribution in [0.4, 0.5) is 5.69 Å². The highest BCUT2D eigenvalue weighted by Crippen LogP contribution is 2.35. The fourth-order valence-corrected chi connectivity index (χ4v) is 2.52. The van der Waals surface area contributed by atoms with Gasteiger partial charge in [0.15, 0.2) is 0 Å². The van der Waals surface area contributed by atoms with Crippen molar-refractivity contribution in [2.24, 2.45) is 5.92 Å². The van der Waals surface area contributed by atoms with Gasteiger partial charge in [0.25, 0.3) is 0 Å². The summed E-state index contributed by atoms with van der Waals surface area (Å²) in [4.78, 5) is 0. The molecule has 3 nitrogen and oxygen atoms in total. The predicted octanol–water partition coefficient (Wildman–Crippen LogP) is 3.61. The summed E-state index contributed by atoms with van der Waals surface area (Å²) in [6.45, 7) is 3.05. The van der Waals surface area contributed by atoms with Crippen molar-refractivity contribution >= 4 is 21.6 Å². The number of rotatable bonds is 3. The zero-order chi connectivity index (χ0) is 12.7. The minimum Gasteiger partial charge on any atom is -0.398 e. The number of nitrogens with zero attached hydrogens (tertiary/aromatic N) is 2. The zero-order valence-corrected chi connectivity index (χ0v) is 11.9. The third kappa shape index (κ3) is 2.17. The molecule has 0 amide bonds. The molecule has 4 heteroatoms. The fourth-order valence-electron chi connectivity index (χ4n) is 2.18. The van der Waals surface area contributed by atoms with Gasteiger partial charge in [-0.2, -0.15) is 5.10 Å². The second-order valence-corrected chi connectivity index (χ2v) is 5.88. The summed E-state index contributed by atoms with van der Waals surface area (Å²) in [6, 6.07) is 6.13. The molecular formula is C14H16BrN3. The van der Waals surface area contributed by atoms with Crippen LogP contribution in [0.15, 0.2) is 28.9 Å². The third-order valence-corrected chi connectivity index (χ3v) is 4.31. The van der Waals surface area contributed by atoms with Crippen molar-refractivity contribution in [3.8, 4) is 11.3 Å². The molecule has 1 aromatic heterocycles. The summed E-state index contributed by atoms with van der Waals surface area (Å²) in [5, 5.41) is 4.41. The number of nitrogen functional groups attached to an aromatic ring is 1. The van der Waals surface area contributed by atoms with Crippen molar-refractivity contribution in [1.82, 2.24) is 9.78 Å². The van der Waals surface area contributed by atoms with Gasteiger partial charge in [0.2, 0.25) is 0 Å². The first-order valence-corrected chi connectivity index (χ1v) is 7.02. The highest BCUT2D eigenvalue weighted by atomic mass is 79.9. The first-order chi connectivity index (χ1) is 8.65. The maximum absolute atomic E-state index is 6.13. The van der Waals surface area contributed by atoms with Crippen LogP contribution >= 0.6 is 15.9 Å². The highest BCUT2D eigenvalue weighted by molar-refractivity contribution is 9.10. The summed E-state index contributed by atoms with van der Waals surface area (Å²) < 4.78 is 3.16. The Bertz CT molecular complexity index is 585. The Balaban J connectivity index is 2.03. The maximum atomic E-state index is 6.13. The largest absolute Gasteiger partial charge is 0.398 e.